The van der Waals surface area contributed by atoms with Crippen LogP contribution in [0, 0.1) is 17.8 Å². The molecule has 5 aliphatic rings. The summed E-state index contributed by atoms with van der Waals surface area (Å²) >= 11 is 6.34. The first-order chi connectivity index (χ1) is 16.7. The summed E-state index contributed by atoms with van der Waals surface area (Å²) in [6.07, 6.45) is 15.7. The van der Waals surface area contributed by atoms with E-state index < -0.39 is 0 Å². The van der Waals surface area contributed by atoms with Crippen LogP contribution in [-0.2, 0) is 4.74 Å². The lowest BCUT2D eigenvalue weighted by Crippen LogP contribution is -2.12. The summed E-state index contributed by atoms with van der Waals surface area (Å²) in [7, 11) is 4.07. The van der Waals surface area contributed by atoms with Gasteiger partial charge in [-0.25, -0.2) is 0 Å². The van der Waals surface area contributed by atoms with Crippen molar-refractivity contribution >= 4 is 56.9 Å². The van der Waals surface area contributed by atoms with Crippen LogP contribution in [0.2, 0.25) is 0 Å². The molecule has 0 N–H and O–H groups in total. The van der Waals surface area contributed by atoms with Gasteiger partial charge in [-0.15, -0.1) is 0 Å². The number of rotatable bonds is 9. The summed E-state index contributed by atoms with van der Waals surface area (Å²) in [4.78, 5) is 0. The third-order valence-electron chi connectivity index (χ3n) is 7.33. The summed E-state index contributed by atoms with van der Waals surface area (Å²) < 4.78 is 5.38. The lowest BCUT2D eigenvalue weighted by molar-refractivity contribution is 0.139. The van der Waals surface area contributed by atoms with Crippen LogP contribution >= 0.6 is 56.9 Å². The molecule has 36 heavy (non-hydrogen) atoms. The van der Waals surface area contributed by atoms with Gasteiger partial charge < -0.3 is 4.74 Å². The van der Waals surface area contributed by atoms with E-state index in [0.717, 1.165) is 46.7 Å². The number of hydrogen-bond acceptors (Lipinski definition) is 6. The highest BCUT2D eigenvalue weighted by molar-refractivity contribution is 8.76. The third kappa shape index (κ3) is 18.9. The van der Waals surface area contributed by atoms with Crippen molar-refractivity contribution in [2.24, 2.45) is 17.8 Å². The first-order valence-corrected chi connectivity index (χ1v) is 20.0. The van der Waals surface area contributed by atoms with Crippen LogP contribution in [-0.4, -0.2) is 57.7 Å². The second-order valence-electron chi connectivity index (χ2n) is 10.4. The monoisotopic (exact) mass is 598 g/mol. The highest BCUT2D eigenvalue weighted by atomic mass is 33.1. The van der Waals surface area contributed by atoms with Crippen LogP contribution < -0.4 is 0 Å². The SMILES string of the molecule is C.C.CCC1CCSC1.CCC1CCSSC1.CCCC1CCC2SC2C1.CCCCOCC1CS1. The quantitative estimate of drug-likeness (QED) is 0.147. The molecule has 1 nitrogen and oxygen atoms in total. The van der Waals surface area contributed by atoms with Gasteiger partial charge in [-0.05, 0) is 67.8 Å². The van der Waals surface area contributed by atoms with E-state index in [2.05, 4.69) is 51.2 Å². The van der Waals surface area contributed by atoms with E-state index >= 15 is 0 Å². The number of thioether (sulfide) groups is 3. The van der Waals surface area contributed by atoms with E-state index in [1.807, 2.05) is 33.3 Å². The summed E-state index contributed by atoms with van der Waals surface area (Å²) in [5.74, 6) is 10.1. The van der Waals surface area contributed by atoms with E-state index in [1.54, 1.807) is 6.42 Å². The summed E-state index contributed by atoms with van der Waals surface area (Å²) in [5.41, 5.74) is 0. The standard InChI is InChI=1S/C9H16S.C7H14OS.C6H12S2.C6H12S.2CH4/c1-2-3-7-4-5-8-9(6-7)10-8;1-2-3-4-8-5-7-6-9-7;1-2-6-3-4-7-8-5-6;1-2-6-3-4-7-5-6;;/h7-9H,2-6H2,1H3;7H,2-6H2,1H3;6H,2-5H2,1H3;6H,2-5H2,1H3;2*1H4. The second-order valence-corrected chi connectivity index (χ2v) is 17.0. The number of ether oxygens (including phenoxy) is 1. The molecule has 0 aromatic rings. The van der Waals surface area contributed by atoms with Crippen molar-refractivity contribution < 1.29 is 4.74 Å². The zero-order valence-corrected chi connectivity index (χ0v) is 26.7. The highest BCUT2D eigenvalue weighted by Crippen LogP contribution is 2.53. The van der Waals surface area contributed by atoms with Gasteiger partial charge in [-0.1, -0.05) is 96.2 Å². The fourth-order valence-corrected chi connectivity index (χ4v) is 10.3. The minimum atomic E-state index is 0. The molecule has 6 unspecified atom stereocenters. The number of hydrogen-bond donors (Lipinski definition) is 0. The van der Waals surface area contributed by atoms with Crippen molar-refractivity contribution in [2.75, 3.05) is 42.0 Å². The Morgan fingerprint density at radius 1 is 0.722 bits per heavy atom. The predicted molar refractivity (Wildman–Crippen MR) is 182 cm³/mol. The molecule has 0 radical (unpaired) electrons. The Balaban J connectivity index is 0.000000449. The van der Waals surface area contributed by atoms with Gasteiger partial charge in [0.2, 0.25) is 0 Å². The van der Waals surface area contributed by atoms with E-state index in [1.165, 1.54) is 93.0 Å². The van der Waals surface area contributed by atoms with Gasteiger partial charge in [0.15, 0.2) is 0 Å². The van der Waals surface area contributed by atoms with Gasteiger partial charge >= 0.3 is 0 Å². The molecule has 0 spiro atoms. The van der Waals surface area contributed by atoms with Gasteiger partial charge in [0.1, 0.15) is 0 Å². The number of fused-ring (bicyclic) bond motifs is 1. The molecule has 6 heteroatoms. The maximum Gasteiger partial charge on any atom is 0.0593 e. The Labute approximate surface area is 248 Å². The fraction of sp³-hybridized carbons (Fsp3) is 1.00. The van der Waals surface area contributed by atoms with Gasteiger partial charge in [0.25, 0.3) is 0 Å². The van der Waals surface area contributed by atoms with Crippen molar-refractivity contribution in [3.63, 3.8) is 0 Å². The van der Waals surface area contributed by atoms with E-state index in [0.29, 0.717) is 0 Å². The molecule has 0 aromatic heterocycles. The number of unbranched alkanes of at least 4 members (excludes halogenated alkanes) is 1. The van der Waals surface area contributed by atoms with Crippen LogP contribution in [0.5, 0.6) is 0 Å². The van der Waals surface area contributed by atoms with Gasteiger partial charge in [-0.3, -0.25) is 0 Å². The molecule has 0 bridgehead atoms. The highest BCUT2D eigenvalue weighted by Gasteiger charge is 2.42. The predicted octanol–water partition coefficient (Wildman–Crippen LogP) is 11.2. The smallest absolute Gasteiger partial charge is 0.0593 e. The topological polar surface area (TPSA) is 9.23 Å². The van der Waals surface area contributed by atoms with Crippen molar-refractivity contribution in [3.05, 3.63) is 0 Å². The second kappa shape index (κ2) is 24.5. The molecule has 1 aliphatic carbocycles. The summed E-state index contributed by atoms with van der Waals surface area (Å²) in [5, 5.41) is 3.06. The Morgan fingerprint density at radius 2 is 1.44 bits per heavy atom. The molecule has 5 fully saturated rings. The molecule has 4 heterocycles. The maximum absolute atomic E-state index is 5.38. The molecule has 5 rings (SSSR count). The first-order valence-electron chi connectivity index (χ1n) is 14.4. The Bertz CT molecular complexity index is 464. The molecule has 0 aromatic carbocycles. The van der Waals surface area contributed by atoms with Crippen molar-refractivity contribution in [3.8, 4) is 0 Å². The summed E-state index contributed by atoms with van der Waals surface area (Å²) in [6, 6.07) is 0. The van der Waals surface area contributed by atoms with E-state index in [-0.39, 0.29) is 14.9 Å². The molecule has 4 aliphatic heterocycles. The van der Waals surface area contributed by atoms with Crippen molar-refractivity contribution in [1.82, 2.24) is 0 Å². The zero-order chi connectivity index (χ0) is 24.4. The normalized spacial score (nSPS) is 31.3. The molecular weight excluding hydrogens is 537 g/mol. The van der Waals surface area contributed by atoms with Gasteiger partial charge in [0, 0.05) is 39.6 Å². The van der Waals surface area contributed by atoms with Crippen LogP contribution in [0.1, 0.15) is 113 Å². The average Bonchev–Trinajstić information content (AvgIpc) is 3.81. The molecule has 218 valence electrons. The molecule has 1 saturated carbocycles. The zero-order valence-electron chi connectivity index (χ0n) is 22.6. The average molecular weight is 599 g/mol. The van der Waals surface area contributed by atoms with E-state index in [9.17, 15) is 0 Å². The minimum absolute atomic E-state index is 0. The fourth-order valence-electron chi connectivity index (χ4n) is 4.51. The lowest BCUT2D eigenvalue weighted by atomic mass is 9.86. The van der Waals surface area contributed by atoms with Crippen LogP contribution in [0.15, 0.2) is 0 Å². The van der Waals surface area contributed by atoms with Crippen LogP contribution in [0.4, 0.5) is 0 Å². The largest absolute Gasteiger partial charge is 0.380 e. The van der Waals surface area contributed by atoms with E-state index in [4.69, 9.17) is 4.74 Å². The van der Waals surface area contributed by atoms with Crippen molar-refractivity contribution in [1.29, 1.82) is 0 Å². The molecule has 4 saturated heterocycles. The van der Waals surface area contributed by atoms with Crippen LogP contribution in [0.25, 0.3) is 0 Å². The minimum Gasteiger partial charge on any atom is -0.380 e. The lowest BCUT2D eigenvalue weighted by Gasteiger charge is -2.18. The third-order valence-corrected chi connectivity index (χ3v) is 13.6. The Morgan fingerprint density at radius 3 is 1.92 bits per heavy atom. The molecule has 0 amide bonds. The maximum atomic E-state index is 5.38. The van der Waals surface area contributed by atoms with Crippen LogP contribution in [0.3, 0.4) is 0 Å². The van der Waals surface area contributed by atoms with Gasteiger partial charge in [0.05, 0.1) is 6.61 Å². The first kappa shape index (κ1) is 37.7. The molecular formula is C30H62OS5. The Kier molecular flexibility index (Phi) is 25.7. The summed E-state index contributed by atoms with van der Waals surface area (Å²) in [6.45, 7) is 11.0. The Hall–Kier alpha value is 1.71. The van der Waals surface area contributed by atoms with Crippen molar-refractivity contribution in [2.45, 2.75) is 129 Å². The molecule has 6 atom stereocenters. The van der Waals surface area contributed by atoms with Gasteiger partial charge in [-0.2, -0.15) is 35.3 Å².